The molecule has 1 aromatic heterocycles. The molecule has 0 aliphatic rings. The van der Waals surface area contributed by atoms with E-state index in [0.29, 0.717) is 12.4 Å². The van der Waals surface area contributed by atoms with Crippen molar-refractivity contribution in [1.82, 2.24) is 9.97 Å². The Labute approximate surface area is 101 Å². The molecule has 0 radical (unpaired) electrons. The van der Waals surface area contributed by atoms with Crippen LogP contribution < -0.4 is 16.0 Å². The molecule has 1 unspecified atom stereocenters. The van der Waals surface area contributed by atoms with Crippen molar-refractivity contribution in [3.63, 3.8) is 0 Å². The molecule has 3 N–H and O–H groups in total. The van der Waals surface area contributed by atoms with E-state index < -0.39 is 0 Å². The zero-order valence-corrected chi connectivity index (χ0v) is 10.4. The lowest BCUT2D eigenvalue weighted by atomic mass is 10.2. The van der Waals surface area contributed by atoms with Crippen LogP contribution in [0.3, 0.4) is 0 Å². The van der Waals surface area contributed by atoms with E-state index in [1.165, 1.54) is 0 Å². The van der Waals surface area contributed by atoms with Crippen LogP contribution >= 0.6 is 0 Å². The van der Waals surface area contributed by atoms with Crippen LogP contribution in [0.25, 0.3) is 0 Å². The first kappa shape index (κ1) is 13.0. The first-order valence-electron chi connectivity index (χ1n) is 5.57. The first-order valence-corrected chi connectivity index (χ1v) is 5.57. The summed E-state index contributed by atoms with van der Waals surface area (Å²) in [6.45, 7) is 5.30. The van der Waals surface area contributed by atoms with Crippen molar-refractivity contribution in [3.8, 4) is 6.07 Å². The molecular formula is C11H18N6. The number of hydrogen-bond acceptors (Lipinski definition) is 6. The summed E-state index contributed by atoms with van der Waals surface area (Å²) in [5, 5.41) is 11.8. The average molecular weight is 234 g/mol. The fourth-order valence-electron chi connectivity index (χ4n) is 1.50. The number of nitrogens with two attached hydrogens (primary N) is 1. The number of nitrogens with one attached hydrogen (secondary N) is 1. The van der Waals surface area contributed by atoms with Crippen molar-refractivity contribution in [1.29, 1.82) is 5.26 Å². The highest BCUT2D eigenvalue weighted by atomic mass is 15.2. The SMILES string of the molecule is CCN(CC(C)C#N)c1cc(NC)nc(N)n1. The summed E-state index contributed by atoms with van der Waals surface area (Å²) < 4.78 is 0. The highest BCUT2D eigenvalue weighted by Crippen LogP contribution is 2.17. The van der Waals surface area contributed by atoms with Crippen LogP contribution in [0, 0.1) is 17.2 Å². The summed E-state index contributed by atoms with van der Waals surface area (Å²) in [7, 11) is 1.78. The van der Waals surface area contributed by atoms with Crippen molar-refractivity contribution in [3.05, 3.63) is 6.07 Å². The predicted octanol–water partition coefficient (Wildman–Crippen LogP) is 1.09. The number of nitrogen functional groups attached to an aromatic ring is 1. The maximum Gasteiger partial charge on any atom is 0.223 e. The Bertz CT molecular complexity index is 411. The smallest absolute Gasteiger partial charge is 0.223 e. The van der Waals surface area contributed by atoms with E-state index in [-0.39, 0.29) is 11.9 Å². The summed E-state index contributed by atoms with van der Waals surface area (Å²) in [5.74, 6) is 1.60. The maximum absolute atomic E-state index is 8.83. The summed E-state index contributed by atoms with van der Waals surface area (Å²) >= 11 is 0. The molecule has 0 aliphatic carbocycles. The second kappa shape index (κ2) is 5.89. The van der Waals surface area contributed by atoms with Crippen LogP contribution in [0.1, 0.15) is 13.8 Å². The molecule has 92 valence electrons. The van der Waals surface area contributed by atoms with Gasteiger partial charge in [0.2, 0.25) is 5.95 Å². The van der Waals surface area contributed by atoms with Crippen LogP contribution in [0.15, 0.2) is 6.07 Å². The summed E-state index contributed by atoms with van der Waals surface area (Å²) in [6, 6.07) is 4.03. The third kappa shape index (κ3) is 3.48. The van der Waals surface area contributed by atoms with Gasteiger partial charge in [0.15, 0.2) is 0 Å². The van der Waals surface area contributed by atoms with Gasteiger partial charge in [0.25, 0.3) is 0 Å². The third-order valence-electron chi connectivity index (χ3n) is 2.41. The van der Waals surface area contributed by atoms with Crippen molar-refractivity contribution < 1.29 is 0 Å². The Morgan fingerprint density at radius 2 is 2.29 bits per heavy atom. The number of nitriles is 1. The van der Waals surface area contributed by atoms with Gasteiger partial charge >= 0.3 is 0 Å². The molecule has 1 heterocycles. The van der Waals surface area contributed by atoms with Crippen molar-refractivity contribution in [2.45, 2.75) is 13.8 Å². The van der Waals surface area contributed by atoms with Gasteiger partial charge in [-0.15, -0.1) is 0 Å². The highest BCUT2D eigenvalue weighted by molar-refractivity contribution is 5.52. The first-order chi connectivity index (χ1) is 8.10. The minimum atomic E-state index is -0.0517. The van der Waals surface area contributed by atoms with Crippen molar-refractivity contribution in [2.24, 2.45) is 5.92 Å². The molecule has 0 saturated heterocycles. The molecule has 6 nitrogen and oxygen atoms in total. The number of aromatic nitrogens is 2. The van der Waals surface area contributed by atoms with Crippen LogP contribution in [-0.4, -0.2) is 30.1 Å². The largest absolute Gasteiger partial charge is 0.373 e. The van der Waals surface area contributed by atoms with E-state index in [4.69, 9.17) is 11.0 Å². The molecule has 0 aliphatic heterocycles. The van der Waals surface area contributed by atoms with Gasteiger partial charge in [0.05, 0.1) is 12.0 Å². The molecule has 1 atom stereocenters. The summed E-state index contributed by atoms with van der Waals surface area (Å²) in [4.78, 5) is 10.2. The Kier molecular flexibility index (Phi) is 4.52. The molecule has 0 amide bonds. The van der Waals surface area contributed by atoms with Crippen LogP contribution in [0.5, 0.6) is 0 Å². The highest BCUT2D eigenvalue weighted by Gasteiger charge is 2.12. The quantitative estimate of drug-likeness (QED) is 0.792. The van der Waals surface area contributed by atoms with Gasteiger partial charge in [-0.2, -0.15) is 15.2 Å². The van der Waals surface area contributed by atoms with Crippen LogP contribution in [0.4, 0.5) is 17.6 Å². The lowest BCUT2D eigenvalue weighted by molar-refractivity contribution is 0.679. The minimum absolute atomic E-state index is 0.0517. The maximum atomic E-state index is 8.83. The van der Waals surface area contributed by atoms with Gasteiger partial charge in [0.1, 0.15) is 11.6 Å². The number of hydrogen-bond donors (Lipinski definition) is 2. The van der Waals surface area contributed by atoms with E-state index in [0.717, 1.165) is 12.4 Å². The zero-order valence-electron chi connectivity index (χ0n) is 10.4. The van der Waals surface area contributed by atoms with Crippen LogP contribution in [0.2, 0.25) is 0 Å². The Morgan fingerprint density at radius 3 is 2.82 bits per heavy atom. The van der Waals surface area contributed by atoms with E-state index >= 15 is 0 Å². The molecule has 0 aromatic carbocycles. The Hall–Kier alpha value is -2.03. The molecule has 17 heavy (non-hydrogen) atoms. The predicted molar refractivity (Wildman–Crippen MR) is 68.7 cm³/mol. The van der Waals surface area contributed by atoms with Gasteiger partial charge in [0, 0.05) is 26.2 Å². The average Bonchev–Trinajstić information content (AvgIpc) is 2.34. The number of anilines is 3. The second-order valence-corrected chi connectivity index (χ2v) is 3.79. The second-order valence-electron chi connectivity index (χ2n) is 3.79. The van der Waals surface area contributed by atoms with E-state index in [1.54, 1.807) is 7.05 Å². The number of rotatable bonds is 5. The van der Waals surface area contributed by atoms with E-state index in [1.807, 2.05) is 24.8 Å². The lowest BCUT2D eigenvalue weighted by Crippen LogP contribution is -2.29. The van der Waals surface area contributed by atoms with Gasteiger partial charge in [-0.25, -0.2) is 0 Å². The third-order valence-corrected chi connectivity index (χ3v) is 2.41. The molecule has 1 rings (SSSR count). The summed E-state index contributed by atoms with van der Waals surface area (Å²) in [6.07, 6.45) is 0. The normalized spacial score (nSPS) is 11.6. The molecule has 1 aromatic rings. The molecule has 0 fully saturated rings. The molecule has 0 spiro atoms. The van der Waals surface area contributed by atoms with Crippen molar-refractivity contribution in [2.75, 3.05) is 36.1 Å². The molecule has 0 saturated carbocycles. The van der Waals surface area contributed by atoms with Gasteiger partial charge in [-0.05, 0) is 13.8 Å². The topological polar surface area (TPSA) is 90.9 Å². The van der Waals surface area contributed by atoms with Crippen LogP contribution in [-0.2, 0) is 0 Å². The fourth-order valence-corrected chi connectivity index (χ4v) is 1.50. The molecule has 0 bridgehead atoms. The number of nitrogens with zero attached hydrogens (tertiary/aromatic N) is 4. The monoisotopic (exact) mass is 234 g/mol. The van der Waals surface area contributed by atoms with Gasteiger partial charge in [-0.3, -0.25) is 0 Å². The zero-order chi connectivity index (χ0) is 12.8. The van der Waals surface area contributed by atoms with Crippen molar-refractivity contribution >= 4 is 17.6 Å². The van der Waals surface area contributed by atoms with Gasteiger partial charge < -0.3 is 16.0 Å². The van der Waals surface area contributed by atoms with E-state index in [9.17, 15) is 0 Å². The fraction of sp³-hybridized carbons (Fsp3) is 0.545. The molecular weight excluding hydrogens is 216 g/mol. The standard InChI is InChI=1S/C11H18N6/c1-4-17(7-8(2)6-12)10-5-9(14-3)15-11(13)16-10/h5,8H,4,7H2,1-3H3,(H3,13,14,15,16). The Balaban J connectivity index is 2.95. The molecule has 6 heteroatoms. The summed E-state index contributed by atoms with van der Waals surface area (Å²) in [5.41, 5.74) is 5.64. The minimum Gasteiger partial charge on any atom is -0.373 e. The lowest BCUT2D eigenvalue weighted by Gasteiger charge is -2.23. The van der Waals surface area contributed by atoms with Gasteiger partial charge in [-0.1, -0.05) is 0 Å². The van der Waals surface area contributed by atoms with E-state index in [2.05, 4.69) is 21.4 Å². The Morgan fingerprint density at radius 1 is 1.59 bits per heavy atom.